The summed E-state index contributed by atoms with van der Waals surface area (Å²) >= 11 is 7.30. The molecule has 0 radical (unpaired) electrons. The van der Waals surface area contributed by atoms with Gasteiger partial charge in [0.25, 0.3) is 0 Å². The van der Waals surface area contributed by atoms with E-state index in [4.69, 9.17) is 11.6 Å². The molecule has 0 bridgehead atoms. The third-order valence-corrected chi connectivity index (χ3v) is 3.43. The first-order valence-electron chi connectivity index (χ1n) is 3.84. The minimum absolute atomic E-state index is 0.406. The summed E-state index contributed by atoms with van der Waals surface area (Å²) in [5.74, 6) is -0.406. The quantitative estimate of drug-likeness (QED) is 0.704. The van der Waals surface area contributed by atoms with Crippen molar-refractivity contribution in [3.05, 3.63) is 28.4 Å². The number of rotatable bonds is 1. The lowest BCUT2D eigenvalue weighted by Gasteiger charge is -1.93. The predicted octanol–water partition coefficient (Wildman–Crippen LogP) is 2.74. The van der Waals surface area contributed by atoms with Crippen LogP contribution in [0.15, 0.2) is 18.5 Å². The van der Waals surface area contributed by atoms with Crippen LogP contribution in [-0.2, 0) is 4.74 Å². The Kier molecular flexibility index (Phi) is 2.39. The molecule has 72 valence electrons. The van der Waals surface area contributed by atoms with Gasteiger partial charge in [0, 0.05) is 17.8 Å². The van der Waals surface area contributed by atoms with Crippen molar-refractivity contribution in [1.29, 1.82) is 0 Å². The number of nitrogens with zero attached hydrogens (tertiary/aromatic N) is 1. The van der Waals surface area contributed by atoms with E-state index in [0.29, 0.717) is 9.90 Å². The second-order valence-corrected chi connectivity index (χ2v) is 4.04. The van der Waals surface area contributed by atoms with Crippen LogP contribution in [0.1, 0.15) is 9.67 Å². The molecule has 2 aromatic rings. The van der Waals surface area contributed by atoms with Crippen LogP contribution in [0.25, 0.3) is 10.1 Å². The van der Waals surface area contributed by atoms with Crippen LogP contribution >= 0.6 is 22.9 Å². The van der Waals surface area contributed by atoms with Gasteiger partial charge in [0.15, 0.2) is 0 Å². The maximum Gasteiger partial charge on any atom is 0.349 e. The summed E-state index contributed by atoms with van der Waals surface area (Å²) in [6.45, 7) is 0. The third-order valence-electron chi connectivity index (χ3n) is 1.80. The van der Waals surface area contributed by atoms with E-state index < -0.39 is 5.97 Å². The van der Waals surface area contributed by atoms with Crippen LogP contribution in [0.5, 0.6) is 0 Å². The van der Waals surface area contributed by atoms with Crippen LogP contribution in [0.4, 0.5) is 0 Å². The summed E-state index contributed by atoms with van der Waals surface area (Å²) in [6, 6.07) is 1.78. The molecule has 2 rings (SSSR count). The van der Waals surface area contributed by atoms with Gasteiger partial charge < -0.3 is 4.74 Å². The first kappa shape index (κ1) is 9.43. The highest BCUT2D eigenvalue weighted by Gasteiger charge is 2.16. The Bertz CT molecular complexity index is 495. The van der Waals surface area contributed by atoms with Crippen molar-refractivity contribution in [3.8, 4) is 0 Å². The van der Waals surface area contributed by atoms with E-state index in [1.807, 2.05) is 0 Å². The van der Waals surface area contributed by atoms with E-state index in [1.165, 1.54) is 18.4 Å². The van der Waals surface area contributed by atoms with Crippen LogP contribution < -0.4 is 0 Å². The number of halogens is 1. The SMILES string of the molecule is COC(=O)c1sc2cnccc2c1Cl. The van der Waals surface area contributed by atoms with Crippen molar-refractivity contribution in [2.45, 2.75) is 0 Å². The monoisotopic (exact) mass is 227 g/mol. The molecule has 0 saturated heterocycles. The molecule has 0 atom stereocenters. The first-order chi connectivity index (χ1) is 6.74. The molecule has 0 fully saturated rings. The summed E-state index contributed by atoms with van der Waals surface area (Å²) in [6.07, 6.45) is 3.32. The average molecular weight is 228 g/mol. The van der Waals surface area contributed by atoms with Crippen molar-refractivity contribution in [2.24, 2.45) is 0 Å². The molecule has 0 aliphatic heterocycles. The fraction of sp³-hybridized carbons (Fsp3) is 0.111. The van der Waals surface area contributed by atoms with Gasteiger partial charge in [-0.3, -0.25) is 4.98 Å². The number of pyridine rings is 1. The van der Waals surface area contributed by atoms with E-state index in [-0.39, 0.29) is 0 Å². The van der Waals surface area contributed by atoms with Crippen LogP contribution in [-0.4, -0.2) is 18.1 Å². The number of ether oxygens (including phenoxy) is 1. The maximum absolute atomic E-state index is 11.3. The van der Waals surface area contributed by atoms with E-state index in [2.05, 4.69) is 9.72 Å². The minimum atomic E-state index is -0.406. The predicted molar refractivity (Wildman–Crippen MR) is 56.0 cm³/mol. The Morgan fingerprint density at radius 3 is 3.07 bits per heavy atom. The Morgan fingerprint density at radius 1 is 1.64 bits per heavy atom. The van der Waals surface area contributed by atoms with Crippen LogP contribution in [0.2, 0.25) is 5.02 Å². The molecule has 14 heavy (non-hydrogen) atoms. The van der Waals surface area contributed by atoms with Gasteiger partial charge in [-0.15, -0.1) is 11.3 Å². The Labute approximate surface area is 89.3 Å². The van der Waals surface area contributed by atoms with E-state index in [9.17, 15) is 4.79 Å². The smallest absolute Gasteiger partial charge is 0.349 e. The topological polar surface area (TPSA) is 39.2 Å². The fourth-order valence-corrected chi connectivity index (χ4v) is 2.54. The highest BCUT2D eigenvalue weighted by molar-refractivity contribution is 7.21. The van der Waals surface area contributed by atoms with Gasteiger partial charge in [0.05, 0.1) is 16.8 Å². The average Bonchev–Trinajstić information content (AvgIpc) is 2.56. The second kappa shape index (κ2) is 3.55. The Balaban J connectivity index is 2.68. The highest BCUT2D eigenvalue weighted by atomic mass is 35.5. The van der Waals surface area contributed by atoms with Gasteiger partial charge in [-0.1, -0.05) is 11.6 Å². The summed E-state index contributed by atoms with van der Waals surface area (Å²) in [5, 5.41) is 1.28. The Morgan fingerprint density at radius 2 is 2.43 bits per heavy atom. The molecular weight excluding hydrogens is 222 g/mol. The van der Waals surface area contributed by atoms with Crippen LogP contribution in [0, 0.1) is 0 Å². The van der Waals surface area contributed by atoms with Crippen molar-refractivity contribution in [2.75, 3.05) is 7.11 Å². The number of methoxy groups -OCH3 is 1. The number of hydrogen-bond acceptors (Lipinski definition) is 4. The number of carbonyl (C=O) groups excluding carboxylic acids is 1. The minimum Gasteiger partial charge on any atom is -0.465 e. The fourth-order valence-electron chi connectivity index (χ4n) is 1.14. The zero-order chi connectivity index (χ0) is 10.1. The van der Waals surface area contributed by atoms with E-state index >= 15 is 0 Å². The van der Waals surface area contributed by atoms with Gasteiger partial charge in [-0.25, -0.2) is 4.79 Å². The number of hydrogen-bond donors (Lipinski definition) is 0. The second-order valence-electron chi connectivity index (χ2n) is 2.61. The number of carbonyl (C=O) groups is 1. The molecule has 0 N–H and O–H groups in total. The largest absolute Gasteiger partial charge is 0.465 e. The molecule has 3 nitrogen and oxygen atoms in total. The maximum atomic E-state index is 11.3. The van der Waals surface area contributed by atoms with Gasteiger partial charge in [-0.2, -0.15) is 0 Å². The number of esters is 1. The van der Waals surface area contributed by atoms with Crippen LogP contribution in [0.3, 0.4) is 0 Å². The van der Waals surface area contributed by atoms with Crippen molar-refractivity contribution >= 4 is 39.0 Å². The number of aromatic nitrogens is 1. The van der Waals surface area contributed by atoms with Crippen molar-refractivity contribution in [3.63, 3.8) is 0 Å². The molecule has 0 unspecified atom stereocenters. The number of thiophene rings is 1. The third kappa shape index (κ3) is 1.36. The van der Waals surface area contributed by atoms with Gasteiger partial charge in [0.2, 0.25) is 0 Å². The molecular formula is C9H6ClNO2S. The molecule has 2 aromatic heterocycles. The molecule has 5 heteroatoms. The molecule has 0 aliphatic carbocycles. The van der Waals surface area contributed by atoms with E-state index in [1.54, 1.807) is 18.5 Å². The zero-order valence-electron chi connectivity index (χ0n) is 7.28. The lowest BCUT2D eigenvalue weighted by atomic mass is 10.3. The lowest BCUT2D eigenvalue weighted by Crippen LogP contribution is -1.97. The van der Waals surface area contributed by atoms with Crippen molar-refractivity contribution in [1.82, 2.24) is 4.98 Å². The molecule has 0 aromatic carbocycles. The normalized spacial score (nSPS) is 10.4. The zero-order valence-corrected chi connectivity index (χ0v) is 8.85. The molecule has 2 heterocycles. The molecule has 0 aliphatic rings. The molecule has 0 amide bonds. The molecule has 0 spiro atoms. The van der Waals surface area contributed by atoms with Crippen molar-refractivity contribution < 1.29 is 9.53 Å². The molecule has 0 saturated carbocycles. The summed E-state index contributed by atoms with van der Waals surface area (Å²) in [5.41, 5.74) is 0. The Hall–Kier alpha value is -1.13. The summed E-state index contributed by atoms with van der Waals surface area (Å²) in [4.78, 5) is 15.7. The first-order valence-corrected chi connectivity index (χ1v) is 5.04. The van der Waals surface area contributed by atoms with E-state index in [0.717, 1.165) is 10.1 Å². The standard InChI is InChI=1S/C9H6ClNO2S/c1-13-9(12)8-7(10)5-2-3-11-4-6(5)14-8/h2-4H,1H3. The summed E-state index contributed by atoms with van der Waals surface area (Å²) in [7, 11) is 1.33. The number of fused-ring (bicyclic) bond motifs is 1. The van der Waals surface area contributed by atoms with Gasteiger partial charge in [0.1, 0.15) is 4.88 Å². The highest BCUT2D eigenvalue weighted by Crippen LogP contribution is 2.34. The van der Waals surface area contributed by atoms with Gasteiger partial charge in [-0.05, 0) is 6.07 Å². The van der Waals surface area contributed by atoms with Gasteiger partial charge >= 0.3 is 5.97 Å². The summed E-state index contributed by atoms with van der Waals surface area (Å²) < 4.78 is 5.50. The lowest BCUT2D eigenvalue weighted by molar-refractivity contribution is 0.0606.